The van der Waals surface area contributed by atoms with E-state index in [2.05, 4.69) is 57.9 Å². The molecular formula is C35H51N3O4S. The number of carbonyl (C=O) groups excluding carboxylic acids is 1. The van der Waals surface area contributed by atoms with Crippen LogP contribution in [0.5, 0.6) is 0 Å². The second-order valence-corrected chi connectivity index (χ2v) is 16.3. The van der Waals surface area contributed by atoms with Crippen molar-refractivity contribution in [3.05, 3.63) is 34.7 Å². The number of rotatable bonds is 8. The third kappa shape index (κ3) is 4.85. The van der Waals surface area contributed by atoms with Crippen LogP contribution < -0.4 is 0 Å². The molecule has 4 aliphatic carbocycles. The van der Waals surface area contributed by atoms with Crippen LogP contribution in [0.25, 0.3) is 11.3 Å². The zero-order chi connectivity index (χ0) is 30.8. The van der Waals surface area contributed by atoms with E-state index in [1.54, 1.807) is 22.2 Å². The van der Waals surface area contributed by atoms with E-state index in [1.165, 1.54) is 18.4 Å². The maximum absolute atomic E-state index is 12.5. The summed E-state index contributed by atoms with van der Waals surface area (Å²) < 4.78 is 7.14. The molecule has 2 aromatic heterocycles. The van der Waals surface area contributed by atoms with Crippen LogP contribution in [0.2, 0.25) is 0 Å². The molecule has 3 saturated carbocycles. The van der Waals surface area contributed by atoms with Crippen LogP contribution in [-0.2, 0) is 16.1 Å². The third-order valence-corrected chi connectivity index (χ3v) is 14.0. The number of ether oxygens (including phenoxy) is 1. The lowest BCUT2D eigenvalue weighted by molar-refractivity contribution is -0.204. The molecule has 3 fully saturated rings. The normalized spacial score (nSPS) is 38.9. The fourth-order valence-corrected chi connectivity index (χ4v) is 11.2. The molecule has 0 spiro atoms. The van der Waals surface area contributed by atoms with Crippen LogP contribution in [0.4, 0.5) is 0 Å². The lowest BCUT2D eigenvalue weighted by Gasteiger charge is -2.67. The molecule has 0 aromatic carbocycles. The smallest absolute Gasteiger partial charge is 0.327 e. The number of fused-ring (bicyclic) bond motifs is 5. The van der Waals surface area contributed by atoms with E-state index in [0.29, 0.717) is 30.3 Å². The minimum absolute atomic E-state index is 0.0645. The molecule has 7 nitrogen and oxygen atoms in total. The number of nitrogens with zero attached hydrogens (tertiary/aromatic N) is 3. The molecule has 0 amide bonds. The van der Waals surface area contributed by atoms with Crippen molar-refractivity contribution in [2.75, 3.05) is 6.61 Å². The van der Waals surface area contributed by atoms with Crippen LogP contribution in [0.1, 0.15) is 92.9 Å². The largest absolute Gasteiger partial charge is 0.464 e. The molecule has 43 heavy (non-hydrogen) atoms. The van der Waals surface area contributed by atoms with Crippen LogP contribution in [0.15, 0.2) is 34.7 Å². The molecule has 236 valence electrons. The zero-order valence-corrected chi connectivity index (χ0v) is 27.7. The lowest BCUT2D eigenvalue weighted by atomic mass is 9.38. The Labute approximate surface area is 261 Å². The number of carbonyl (C=O) groups is 1. The summed E-state index contributed by atoms with van der Waals surface area (Å²) >= 11 is 1.61. The number of thiophene rings is 1. The fraction of sp³-hybridized carbons (Fsp3) is 0.743. The lowest BCUT2D eigenvalue weighted by Crippen LogP contribution is -2.64. The van der Waals surface area contributed by atoms with Crippen molar-refractivity contribution in [1.29, 1.82) is 0 Å². The Bertz CT molecular complexity index is 1350. The topological polar surface area (TPSA) is 97.5 Å². The van der Waals surface area contributed by atoms with E-state index in [1.807, 2.05) is 16.8 Å². The van der Waals surface area contributed by atoms with Crippen LogP contribution in [-0.4, -0.2) is 50.0 Å². The summed E-state index contributed by atoms with van der Waals surface area (Å²) in [5.74, 6) is 1.51. The van der Waals surface area contributed by atoms with Gasteiger partial charge in [0.15, 0.2) is 0 Å². The molecule has 0 bridgehead atoms. The van der Waals surface area contributed by atoms with Gasteiger partial charge in [-0.1, -0.05) is 58.4 Å². The summed E-state index contributed by atoms with van der Waals surface area (Å²) in [6.45, 7) is 14.6. The second-order valence-electron chi connectivity index (χ2n) is 15.5. The Morgan fingerprint density at radius 1 is 1.14 bits per heavy atom. The van der Waals surface area contributed by atoms with Gasteiger partial charge in [-0.25, -0.2) is 4.68 Å². The van der Waals surface area contributed by atoms with Gasteiger partial charge in [0.1, 0.15) is 12.2 Å². The molecule has 6 rings (SSSR count). The Balaban J connectivity index is 1.07. The van der Waals surface area contributed by atoms with Crippen molar-refractivity contribution in [3.8, 4) is 11.3 Å². The fourth-order valence-electron chi connectivity index (χ4n) is 10.5. The Hall–Kier alpha value is -2.03. The second kappa shape index (κ2) is 11.1. The van der Waals surface area contributed by atoms with Crippen molar-refractivity contribution >= 4 is 17.3 Å². The number of hydrogen-bond donors (Lipinski definition) is 2. The van der Waals surface area contributed by atoms with Crippen molar-refractivity contribution in [2.45, 2.75) is 112 Å². The summed E-state index contributed by atoms with van der Waals surface area (Å²) in [6, 6.07) is 1.99. The highest BCUT2D eigenvalue weighted by atomic mass is 32.1. The third-order valence-electron chi connectivity index (χ3n) is 13.4. The Kier molecular flexibility index (Phi) is 7.99. The monoisotopic (exact) mass is 609 g/mol. The molecule has 0 radical (unpaired) electrons. The summed E-state index contributed by atoms with van der Waals surface area (Å²) in [6.07, 6.45) is 11.5. The number of hydrogen-bond acceptors (Lipinski definition) is 7. The highest BCUT2D eigenvalue weighted by molar-refractivity contribution is 7.08. The van der Waals surface area contributed by atoms with E-state index < -0.39 is 0 Å². The van der Waals surface area contributed by atoms with Gasteiger partial charge in [0.25, 0.3) is 0 Å². The minimum Gasteiger partial charge on any atom is -0.464 e. The molecule has 4 aliphatic rings. The summed E-state index contributed by atoms with van der Waals surface area (Å²) in [7, 11) is 0. The number of aliphatic hydroxyl groups is 2. The van der Waals surface area contributed by atoms with Crippen LogP contribution in [0, 0.1) is 45.3 Å². The highest BCUT2D eigenvalue weighted by Gasteiger charge is 2.70. The van der Waals surface area contributed by atoms with E-state index in [9.17, 15) is 15.0 Å². The van der Waals surface area contributed by atoms with Gasteiger partial charge in [0.05, 0.1) is 25.0 Å². The molecule has 0 saturated heterocycles. The number of esters is 1. The van der Waals surface area contributed by atoms with Crippen molar-refractivity contribution in [2.24, 2.45) is 45.3 Å². The van der Waals surface area contributed by atoms with Crippen molar-refractivity contribution in [1.82, 2.24) is 15.0 Å². The van der Waals surface area contributed by atoms with Crippen molar-refractivity contribution in [3.63, 3.8) is 0 Å². The quantitative estimate of drug-likeness (QED) is 0.192. The molecule has 2 aromatic rings. The first-order valence-corrected chi connectivity index (χ1v) is 17.4. The van der Waals surface area contributed by atoms with Crippen molar-refractivity contribution < 1.29 is 19.7 Å². The SMILES string of the molecule is C[C@H](CCCOC(=O)Cn1cc(-c2ccsc2)nn1)[C@H]1CC[C@@]2(C)[C@@H]3CC=C4[C@@H](CC[C@H](O)C4(C)C)[C@]3(C)[C@H](O)C[C@]12C. The summed E-state index contributed by atoms with van der Waals surface area (Å²) in [5.41, 5.74) is 3.00. The minimum atomic E-state index is -0.346. The first-order valence-electron chi connectivity index (χ1n) is 16.5. The van der Waals surface area contributed by atoms with Gasteiger partial charge in [-0.3, -0.25) is 4.79 Å². The summed E-state index contributed by atoms with van der Waals surface area (Å²) in [4.78, 5) is 12.5. The maximum atomic E-state index is 12.5. The average molecular weight is 610 g/mol. The first-order chi connectivity index (χ1) is 20.3. The van der Waals surface area contributed by atoms with E-state index in [4.69, 9.17) is 4.74 Å². The van der Waals surface area contributed by atoms with E-state index in [0.717, 1.165) is 49.8 Å². The molecule has 2 N–H and O–H groups in total. The van der Waals surface area contributed by atoms with Gasteiger partial charge in [0.2, 0.25) is 0 Å². The summed E-state index contributed by atoms with van der Waals surface area (Å²) in [5, 5.41) is 35.2. The predicted octanol–water partition coefficient (Wildman–Crippen LogP) is 6.90. The highest BCUT2D eigenvalue weighted by Crippen LogP contribution is 2.74. The standard InChI is InChI=1S/C35H51N3O4S/c1-22(8-7-16-42-31(41)20-38-19-27(36-37-38)23-14-17-43-21-23)24-13-15-33(4)28-11-9-25-26(10-12-29(39)32(25,2)3)35(28,6)30(40)18-34(24,33)5/h9,14,17,19,21-22,24,26,28-30,39-40H,7-8,10-13,15-16,18,20H2,1-6H3/t22-,24-,26-,28+,29+,30-,33+,34-,35+/m1/s1. The van der Waals surface area contributed by atoms with Gasteiger partial charge < -0.3 is 14.9 Å². The van der Waals surface area contributed by atoms with Crippen LogP contribution >= 0.6 is 11.3 Å². The van der Waals surface area contributed by atoms with Gasteiger partial charge in [-0.15, -0.1) is 5.10 Å². The van der Waals surface area contributed by atoms with Crippen LogP contribution in [0.3, 0.4) is 0 Å². The molecule has 2 heterocycles. The number of allylic oxidation sites excluding steroid dienone is 1. The van der Waals surface area contributed by atoms with Gasteiger partial charge in [0, 0.05) is 21.8 Å². The molecule has 0 unspecified atom stereocenters. The molecule has 9 atom stereocenters. The van der Waals surface area contributed by atoms with E-state index in [-0.39, 0.29) is 46.4 Å². The number of aromatic nitrogens is 3. The molecule has 0 aliphatic heterocycles. The number of aliphatic hydroxyl groups excluding tert-OH is 2. The molecular weight excluding hydrogens is 558 g/mol. The Morgan fingerprint density at radius 2 is 1.93 bits per heavy atom. The predicted molar refractivity (Wildman–Crippen MR) is 169 cm³/mol. The van der Waals surface area contributed by atoms with Gasteiger partial charge in [-0.05, 0) is 97.3 Å². The zero-order valence-electron chi connectivity index (χ0n) is 26.9. The Morgan fingerprint density at radius 3 is 2.67 bits per heavy atom. The maximum Gasteiger partial charge on any atom is 0.327 e. The van der Waals surface area contributed by atoms with Gasteiger partial charge >= 0.3 is 5.97 Å². The molecule has 8 heteroatoms. The van der Waals surface area contributed by atoms with E-state index >= 15 is 0 Å². The first kappa shape index (κ1) is 31.0. The van der Waals surface area contributed by atoms with Gasteiger partial charge in [-0.2, -0.15) is 11.3 Å². The average Bonchev–Trinajstić information content (AvgIpc) is 3.70.